The molecule has 0 saturated heterocycles. The predicted octanol–water partition coefficient (Wildman–Crippen LogP) is 3.32. The van der Waals surface area contributed by atoms with Gasteiger partial charge in [0.2, 0.25) is 0 Å². The minimum Gasteiger partial charge on any atom is -0.478 e. The summed E-state index contributed by atoms with van der Waals surface area (Å²) in [5, 5.41) is 28.7. The van der Waals surface area contributed by atoms with E-state index in [0.717, 1.165) is 11.8 Å². The van der Waals surface area contributed by atoms with Crippen LogP contribution in [0.1, 0.15) is 15.9 Å². The van der Waals surface area contributed by atoms with Crippen molar-refractivity contribution < 1.29 is 14.8 Å². The minimum absolute atomic E-state index is 0.0960. The average Bonchev–Trinajstić information content (AvgIpc) is 2.47. The van der Waals surface area contributed by atoms with E-state index in [4.69, 9.17) is 10.4 Å². The SMILES string of the molecule is N#Cc1ccc([N+](=O)[O-])c(Sc2ccc(C(=O)O)cc2)c1. The third kappa shape index (κ3) is 3.38. The molecule has 0 bridgehead atoms. The highest BCUT2D eigenvalue weighted by atomic mass is 32.2. The van der Waals surface area contributed by atoms with Gasteiger partial charge in [-0.25, -0.2) is 4.79 Å². The van der Waals surface area contributed by atoms with Crippen molar-refractivity contribution in [1.82, 2.24) is 0 Å². The highest BCUT2D eigenvalue weighted by Crippen LogP contribution is 2.35. The number of benzene rings is 2. The molecule has 2 aromatic carbocycles. The molecule has 7 heteroatoms. The maximum atomic E-state index is 11.0. The largest absolute Gasteiger partial charge is 0.478 e. The van der Waals surface area contributed by atoms with Crippen LogP contribution < -0.4 is 0 Å². The molecule has 0 heterocycles. The Labute approximate surface area is 123 Å². The Morgan fingerprint density at radius 1 is 1.24 bits per heavy atom. The van der Waals surface area contributed by atoms with Crippen molar-refractivity contribution in [1.29, 1.82) is 5.26 Å². The third-order valence-electron chi connectivity index (χ3n) is 2.61. The van der Waals surface area contributed by atoms with Crippen molar-refractivity contribution in [2.45, 2.75) is 9.79 Å². The van der Waals surface area contributed by atoms with Crippen LogP contribution in [-0.4, -0.2) is 16.0 Å². The van der Waals surface area contributed by atoms with Gasteiger partial charge in [-0.15, -0.1) is 0 Å². The molecular formula is C14H8N2O4S. The highest BCUT2D eigenvalue weighted by molar-refractivity contribution is 7.99. The summed E-state index contributed by atoms with van der Waals surface area (Å²) in [4.78, 5) is 22.2. The number of carbonyl (C=O) groups is 1. The standard InChI is InChI=1S/C14H8N2O4S/c15-8-9-1-6-12(16(19)20)13(7-9)21-11-4-2-10(3-5-11)14(17)18/h1-7H,(H,17,18). The molecule has 0 atom stereocenters. The monoisotopic (exact) mass is 300 g/mol. The molecule has 0 saturated carbocycles. The Morgan fingerprint density at radius 2 is 1.90 bits per heavy atom. The summed E-state index contributed by atoms with van der Waals surface area (Å²) in [7, 11) is 0. The van der Waals surface area contributed by atoms with Crippen LogP contribution in [0.4, 0.5) is 5.69 Å². The van der Waals surface area contributed by atoms with Gasteiger partial charge in [0.05, 0.1) is 27.0 Å². The molecule has 0 radical (unpaired) electrons. The lowest BCUT2D eigenvalue weighted by Crippen LogP contribution is -1.95. The molecule has 0 spiro atoms. The van der Waals surface area contributed by atoms with E-state index in [1.165, 1.54) is 30.3 Å². The zero-order valence-electron chi connectivity index (χ0n) is 10.5. The average molecular weight is 300 g/mol. The lowest BCUT2D eigenvalue weighted by Gasteiger charge is -2.04. The molecule has 0 aliphatic rings. The molecule has 0 unspecified atom stereocenters. The summed E-state index contributed by atoms with van der Waals surface area (Å²) < 4.78 is 0. The topological polar surface area (TPSA) is 104 Å². The third-order valence-corrected chi connectivity index (χ3v) is 3.67. The van der Waals surface area contributed by atoms with Crippen LogP contribution in [0.15, 0.2) is 52.3 Å². The predicted molar refractivity (Wildman–Crippen MR) is 75.3 cm³/mol. The molecule has 0 aliphatic heterocycles. The van der Waals surface area contributed by atoms with Crippen LogP contribution in [0.3, 0.4) is 0 Å². The van der Waals surface area contributed by atoms with Crippen molar-refractivity contribution >= 4 is 23.4 Å². The van der Waals surface area contributed by atoms with Crippen molar-refractivity contribution in [3.05, 3.63) is 63.7 Å². The molecule has 0 aromatic heterocycles. The Bertz CT molecular complexity index is 751. The van der Waals surface area contributed by atoms with Crippen LogP contribution in [0.2, 0.25) is 0 Å². The molecule has 104 valence electrons. The summed E-state index contributed by atoms with van der Waals surface area (Å²) in [6, 6.07) is 12.0. The Balaban J connectivity index is 2.36. The van der Waals surface area contributed by atoms with Gasteiger partial charge in [0.1, 0.15) is 0 Å². The van der Waals surface area contributed by atoms with E-state index in [-0.39, 0.29) is 11.3 Å². The molecule has 2 rings (SSSR count). The molecule has 6 nitrogen and oxygen atoms in total. The second-order valence-corrected chi connectivity index (χ2v) is 5.10. The van der Waals surface area contributed by atoms with Gasteiger partial charge in [-0.1, -0.05) is 11.8 Å². The Kier molecular flexibility index (Phi) is 4.21. The zero-order valence-corrected chi connectivity index (χ0v) is 11.3. The number of carboxylic acid groups (broad SMARTS) is 1. The van der Waals surface area contributed by atoms with E-state index in [2.05, 4.69) is 0 Å². The maximum absolute atomic E-state index is 11.0. The maximum Gasteiger partial charge on any atom is 0.335 e. The fourth-order valence-corrected chi connectivity index (χ4v) is 2.57. The van der Waals surface area contributed by atoms with Crippen molar-refractivity contribution in [2.75, 3.05) is 0 Å². The quantitative estimate of drug-likeness (QED) is 0.686. The molecular weight excluding hydrogens is 292 g/mol. The second-order valence-electron chi connectivity index (χ2n) is 3.98. The van der Waals surface area contributed by atoms with Crippen molar-refractivity contribution in [2.24, 2.45) is 0 Å². The first-order valence-electron chi connectivity index (χ1n) is 5.71. The molecule has 0 fully saturated rings. The second kappa shape index (κ2) is 6.07. The number of nitriles is 1. The van der Waals surface area contributed by atoms with Gasteiger partial charge >= 0.3 is 5.97 Å². The molecule has 0 amide bonds. The number of hydrogen-bond acceptors (Lipinski definition) is 5. The number of carboxylic acids is 1. The van der Waals surface area contributed by atoms with E-state index >= 15 is 0 Å². The van der Waals surface area contributed by atoms with Crippen LogP contribution >= 0.6 is 11.8 Å². The van der Waals surface area contributed by atoms with E-state index in [1.807, 2.05) is 6.07 Å². The smallest absolute Gasteiger partial charge is 0.335 e. The van der Waals surface area contributed by atoms with Crippen molar-refractivity contribution in [3.63, 3.8) is 0 Å². The first-order chi connectivity index (χ1) is 10.0. The highest BCUT2D eigenvalue weighted by Gasteiger charge is 2.15. The summed E-state index contributed by atoms with van der Waals surface area (Å²) in [5.41, 5.74) is 0.367. The summed E-state index contributed by atoms with van der Waals surface area (Å²) in [6.45, 7) is 0. The number of nitro groups is 1. The lowest BCUT2D eigenvalue weighted by atomic mass is 10.2. The number of rotatable bonds is 4. The van der Waals surface area contributed by atoms with Crippen LogP contribution in [0, 0.1) is 21.4 Å². The normalized spacial score (nSPS) is 9.86. The van der Waals surface area contributed by atoms with Gasteiger partial charge in [0.25, 0.3) is 5.69 Å². The van der Waals surface area contributed by atoms with Crippen LogP contribution in [0.5, 0.6) is 0 Å². The van der Waals surface area contributed by atoms with Gasteiger partial charge in [-0.2, -0.15) is 5.26 Å². The van der Waals surface area contributed by atoms with Gasteiger partial charge < -0.3 is 5.11 Å². The van der Waals surface area contributed by atoms with Crippen molar-refractivity contribution in [3.8, 4) is 6.07 Å². The number of aromatic carboxylic acids is 1. The zero-order chi connectivity index (χ0) is 15.4. The van der Waals surface area contributed by atoms with E-state index in [9.17, 15) is 14.9 Å². The van der Waals surface area contributed by atoms with Gasteiger partial charge in [-0.05, 0) is 36.4 Å². The summed E-state index contributed by atoms with van der Waals surface area (Å²) >= 11 is 1.11. The Hall–Kier alpha value is -2.85. The molecule has 21 heavy (non-hydrogen) atoms. The van der Waals surface area contributed by atoms with Gasteiger partial charge in [0.15, 0.2) is 0 Å². The first-order valence-corrected chi connectivity index (χ1v) is 6.52. The minimum atomic E-state index is -1.04. The number of hydrogen-bond donors (Lipinski definition) is 1. The van der Waals surface area contributed by atoms with Crippen LogP contribution in [0.25, 0.3) is 0 Å². The summed E-state index contributed by atoms with van der Waals surface area (Å²) in [6.07, 6.45) is 0. The number of nitro benzene ring substituents is 1. The number of nitrogens with zero attached hydrogens (tertiary/aromatic N) is 2. The van der Waals surface area contributed by atoms with E-state index in [1.54, 1.807) is 12.1 Å². The lowest BCUT2D eigenvalue weighted by molar-refractivity contribution is -0.387. The van der Waals surface area contributed by atoms with Crippen LogP contribution in [-0.2, 0) is 0 Å². The van der Waals surface area contributed by atoms with E-state index in [0.29, 0.717) is 15.4 Å². The Morgan fingerprint density at radius 3 is 2.43 bits per heavy atom. The molecule has 0 aliphatic carbocycles. The fourth-order valence-electron chi connectivity index (χ4n) is 1.61. The molecule has 2 aromatic rings. The first kappa shape index (κ1) is 14.6. The summed E-state index contributed by atoms with van der Waals surface area (Å²) in [5.74, 6) is -1.04. The molecule has 1 N–H and O–H groups in total. The van der Waals surface area contributed by atoms with Gasteiger partial charge in [-0.3, -0.25) is 10.1 Å². The van der Waals surface area contributed by atoms with E-state index < -0.39 is 10.9 Å². The fraction of sp³-hybridized carbons (Fsp3) is 0. The van der Waals surface area contributed by atoms with Gasteiger partial charge in [0, 0.05) is 11.0 Å².